The van der Waals surface area contributed by atoms with Crippen molar-refractivity contribution in [1.82, 2.24) is 15.1 Å². The third-order valence-electron chi connectivity index (χ3n) is 5.88. The summed E-state index contributed by atoms with van der Waals surface area (Å²) in [4.78, 5) is 25.0. The van der Waals surface area contributed by atoms with Crippen molar-refractivity contribution >= 4 is 11.9 Å². The minimum absolute atomic E-state index is 0.0992. The van der Waals surface area contributed by atoms with E-state index in [1.807, 2.05) is 48.9 Å². The molecule has 2 aromatic rings. The summed E-state index contributed by atoms with van der Waals surface area (Å²) in [5, 5.41) is 7.62. The average Bonchev–Trinajstić information content (AvgIpc) is 2.98. The molecule has 0 bridgehead atoms. The van der Waals surface area contributed by atoms with Crippen LogP contribution in [0.3, 0.4) is 0 Å². The molecule has 0 unspecified atom stereocenters. The molecular formula is C23H31N3O3. The Morgan fingerprint density at radius 3 is 2.59 bits per heavy atom. The highest BCUT2D eigenvalue weighted by molar-refractivity contribution is 5.84. The maximum Gasteiger partial charge on any atom is 0.311 e. The summed E-state index contributed by atoms with van der Waals surface area (Å²) in [6.45, 7) is 7.62. The molecule has 1 aliphatic carbocycles. The molecule has 156 valence electrons. The molecule has 1 fully saturated rings. The van der Waals surface area contributed by atoms with Gasteiger partial charge in [-0.15, -0.1) is 0 Å². The van der Waals surface area contributed by atoms with Crippen LogP contribution in [0.25, 0.3) is 5.69 Å². The first kappa shape index (κ1) is 21.1. The molecule has 6 heteroatoms. The van der Waals surface area contributed by atoms with Gasteiger partial charge < -0.3 is 10.1 Å². The number of hydrogen-bond acceptors (Lipinski definition) is 4. The van der Waals surface area contributed by atoms with Crippen LogP contribution in [-0.2, 0) is 20.7 Å². The van der Waals surface area contributed by atoms with Gasteiger partial charge in [0.15, 0.2) is 6.10 Å². The van der Waals surface area contributed by atoms with Gasteiger partial charge in [-0.25, -0.2) is 4.68 Å². The van der Waals surface area contributed by atoms with Crippen LogP contribution < -0.4 is 5.32 Å². The monoisotopic (exact) mass is 397 g/mol. The van der Waals surface area contributed by atoms with Crippen molar-refractivity contribution in [2.45, 2.75) is 71.9 Å². The largest absolute Gasteiger partial charge is 0.452 e. The predicted molar refractivity (Wildman–Crippen MR) is 112 cm³/mol. The number of rotatable bonds is 6. The molecule has 1 aliphatic rings. The number of hydrogen-bond donors (Lipinski definition) is 1. The van der Waals surface area contributed by atoms with Crippen LogP contribution in [0.15, 0.2) is 30.3 Å². The van der Waals surface area contributed by atoms with Crippen molar-refractivity contribution in [3.8, 4) is 5.69 Å². The molecule has 3 rings (SSSR count). The van der Waals surface area contributed by atoms with Gasteiger partial charge in [-0.05, 0) is 51.7 Å². The summed E-state index contributed by atoms with van der Waals surface area (Å²) in [5.41, 5.74) is 3.48. The Kier molecular flexibility index (Phi) is 6.72. The Hall–Kier alpha value is -2.63. The molecule has 1 heterocycles. The van der Waals surface area contributed by atoms with Crippen LogP contribution in [0.5, 0.6) is 0 Å². The number of benzene rings is 1. The fourth-order valence-electron chi connectivity index (χ4n) is 4.02. The number of esters is 1. The Bertz CT molecular complexity index is 860. The van der Waals surface area contributed by atoms with Crippen molar-refractivity contribution in [3.63, 3.8) is 0 Å². The molecule has 6 nitrogen and oxygen atoms in total. The molecule has 0 spiro atoms. The Morgan fingerprint density at radius 2 is 1.90 bits per heavy atom. The van der Waals surface area contributed by atoms with Gasteiger partial charge in [-0.2, -0.15) is 5.10 Å². The van der Waals surface area contributed by atoms with Crippen molar-refractivity contribution in [2.75, 3.05) is 0 Å². The number of nitrogens with zero attached hydrogens (tertiary/aromatic N) is 2. The van der Waals surface area contributed by atoms with Crippen LogP contribution in [0.1, 0.15) is 56.5 Å². The van der Waals surface area contributed by atoms with Gasteiger partial charge in [0.2, 0.25) is 0 Å². The van der Waals surface area contributed by atoms with E-state index in [2.05, 4.69) is 17.3 Å². The topological polar surface area (TPSA) is 73.2 Å². The lowest BCUT2D eigenvalue weighted by atomic mass is 9.86. The Labute approximate surface area is 172 Å². The number of nitrogens with one attached hydrogen (secondary N) is 1. The highest BCUT2D eigenvalue weighted by atomic mass is 16.5. The van der Waals surface area contributed by atoms with E-state index in [1.165, 1.54) is 6.42 Å². The van der Waals surface area contributed by atoms with Gasteiger partial charge >= 0.3 is 5.97 Å². The Morgan fingerprint density at radius 1 is 1.21 bits per heavy atom. The summed E-state index contributed by atoms with van der Waals surface area (Å²) in [7, 11) is 0. The highest BCUT2D eigenvalue weighted by Crippen LogP contribution is 2.24. The van der Waals surface area contributed by atoms with Crippen LogP contribution in [0.4, 0.5) is 0 Å². The van der Waals surface area contributed by atoms with Crippen molar-refractivity contribution in [1.29, 1.82) is 0 Å². The van der Waals surface area contributed by atoms with Gasteiger partial charge in [0.25, 0.3) is 5.91 Å². The Balaban J connectivity index is 1.60. The van der Waals surface area contributed by atoms with E-state index < -0.39 is 12.1 Å². The van der Waals surface area contributed by atoms with E-state index in [0.717, 1.165) is 41.9 Å². The van der Waals surface area contributed by atoms with Gasteiger partial charge in [0.05, 0.1) is 17.8 Å². The molecule has 3 atom stereocenters. The van der Waals surface area contributed by atoms with Gasteiger partial charge in [-0.3, -0.25) is 9.59 Å². The number of carbonyl (C=O) groups excluding carboxylic acids is 2. The molecule has 0 saturated heterocycles. The summed E-state index contributed by atoms with van der Waals surface area (Å²) in [6.07, 6.45) is 3.76. The second-order valence-corrected chi connectivity index (χ2v) is 8.08. The third kappa shape index (κ3) is 5.05. The molecule has 0 radical (unpaired) electrons. The number of aromatic nitrogens is 2. The van der Waals surface area contributed by atoms with E-state index in [9.17, 15) is 9.59 Å². The zero-order valence-electron chi connectivity index (χ0n) is 17.8. The first-order valence-electron chi connectivity index (χ1n) is 10.5. The molecule has 1 N–H and O–H groups in total. The number of aryl methyl sites for hydroxylation is 1. The quantitative estimate of drug-likeness (QED) is 0.755. The number of carbonyl (C=O) groups is 2. The van der Waals surface area contributed by atoms with Crippen LogP contribution in [0, 0.1) is 19.8 Å². The average molecular weight is 398 g/mol. The smallest absolute Gasteiger partial charge is 0.311 e. The minimum Gasteiger partial charge on any atom is -0.452 e. The van der Waals surface area contributed by atoms with Crippen LogP contribution >= 0.6 is 0 Å². The van der Waals surface area contributed by atoms with Crippen molar-refractivity contribution in [3.05, 3.63) is 47.3 Å². The van der Waals surface area contributed by atoms with Crippen LogP contribution in [-0.4, -0.2) is 33.8 Å². The standard InChI is InChI=1S/C23H31N3O3/c1-15-10-8-9-13-21(15)24-23(28)18(4)29-22(27)14-20-16(2)25-26(17(20)3)19-11-6-5-7-12-19/h5-7,11-12,15,18,21H,8-10,13-14H2,1-4H3,(H,24,28)/t15-,18+,21-/m0/s1. The lowest BCUT2D eigenvalue weighted by Gasteiger charge is -2.30. The van der Waals surface area contributed by atoms with Gasteiger partial charge in [-0.1, -0.05) is 38.0 Å². The number of amides is 1. The summed E-state index contributed by atoms with van der Waals surface area (Å²) >= 11 is 0. The molecule has 1 saturated carbocycles. The third-order valence-corrected chi connectivity index (χ3v) is 5.88. The molecule has 1 amide bonds. The zero-order valence-corrected chi connectivity index (χ0v) is 17.8. The summed E-state index contributed by atoms with van der Waals surface area (Å²) < 4.78 is 7.26. The fourth-order valence-corrected chi connectivity index (χ4v) is 4.02. The fraction of sp³-hybridized carbons (Fsp3) is 0.522. The number of ether oxygens (including phenoxy) is 1. The van der Waals surface area contributed by atoms with E-state index in [0.29, 0.717) is 5.92 Å². The van der Waals surface area contributed by atoms with Crippen molar-refractivity contribution < 1.29 is 14.3 Å². The number of para-hydroxylation sites is 1. The lowest BCUT2D eigenvalue weighted by Crippen LogP contribution is -2.46. The van der Waals surface area contributed by atoms with Crippen molar-refractivity contribution in [2.24, 2.45) is 5.92 Å². The summed E-state index contributed by atoms with van der Waals surface area (Å²) in [5.74, 6) is -0.168. The SMILES string of the molecule is Cc1nn(-c2ccccc2)c(C)c1CC(=O)O[C@H](C)C(=O)N[C@H]1CCCC[C@@H]1C. The van der Waals surface area contributed by atoms with Gasteiger partial charge in [0, 0.05) is 17.3 Å². The van der Waals surface area contributed by atoms with Gasteiger partial charge in [0.1, 0.15) is 0 Å². The molecule has 29 heavy (non-hydrogen) atoms. The molecule has 1 aromatic heterocycles. The molecule has 1 aromatic carbocycles. The molecule has 0 aliphatic heterocycles. The maximum absolute atomic E-state index is 12.5. The first-order chi connectivity index (χ1) is 13.9. The zero-order chi connectivity index (χ0) is 21.0. The molecular weight excluding hydrogens is 366 g/mol. The summed E-state index contributed by atoms with van der Waals surface area (Å²) in [6, 6.07) is 9.97. The minimum atomic E-state index is -0.804. The van der Waals surface area contributed by atoms with E-state index in [4.69, 9.17) is 4.74 Å². The maximum atomic E-state index is 12.5. The normalized spacial score (nSPS) is 20.1. The van der Waals surface area contributed by atoms with E-state index in [-0.39, 0.29) is 18.4 Å². The first-order valence-corrected chi connectivity index (χ1v) is 10.5. The lowest BCUT2D eigenvalue weighted by molar-refractivity contribution is -0.154. The second kappa shape index (κ2) is 9.25. The second-order valence-electron chi connectivity index (χ2n) is 8.08. The predicted octanol–water partition coefficient (Wildman–Crippen LogP) is 3.66. The van der Waals surface area contributed by atoms with E-state index >= 15 is 0 Å². The van der Waals surface area contributed by atoms with E-state index in [1.54, 1.807) is 6.92 Å². The highest BCUT2D eigenvalue weighted by Gasteiger charge is 2.27. The van der Waals surface area contributed by atoms with Crippen LogP contribution in [0.2, 0.25) is 0 Å².